The van der Waals surface area contributed by atoms with E-state index in [1.807, 2.05) is 30.3 Å². The first-order valence-electron chi connectivity index (χ1n) is 9.08. The summed E-state index contributed by atoms with van der Waals surface area (Å²) in [7, 11) is 0. The predicted molar refractivity (Wildman–Crippen MR) is 93.2 cm³/mol. The van der Waals surface area contributed by atoms with Crippen LogP contribution in [-0.4, -0.2) is 35.8 Å². The Balaban J connectivity index is 1.44. The van der Waals surface area contributed by atoms with Crippen molar-refractivity contribution in [3.05, 3.63) is 35.9 Å². The highest BCUT2D eigenvalue weighted by Gasteiger charge is 2.28. The molecule has 1 aromatic carbocycles. The highest BCUT2D eigenvalue weighted by molar-refractivity contribution is 5.74. The van der Waals surface area contributed by atoms with Gasteiger partial charge >= 0.3 is 12.0 Å². The number of carboxylic acid groups (broad SMARTS) is 1. The van der Waals surface area contributed by atoms with Crippen LogP contribution in [-0.2, 0) is 9.53 Å². The van der Waals surface area contributed by atoms with Crippen LogP contribution < -0.4 is 10.6 Å². The molecule has 6 heteroatoms. The lowest BCUT2D eigenvalue weighted by Gasteiger charge is -2.32. The molecule has 1 heterocycles. The highest BCUT2D eigenvalue weighted by Crippen LogP contribution is 2.28. The average molecular weight is 346 g/mol. The number of hydrogen-bond acceptors (Lipinski definition) is 3. The Morgan fingerprint density at radius 2 is 1.64 bits per heavy atom. The van der Waals surface area contributed by atoms with Crippen LogP contribution in [0.15, 0.2) is 30.3 Å². The van der Waals surface area contributed by atoms with Gasteiger partial charge in [-0.05, 0) is 44.1 Å². The van der Waals surface area contributed by atoms with E-state index >= 15 is 0 Å². The van der Waals surface area contributed by atoms with Gasteiger partial charge in [-0.3, -0.25) is 4.79 Å². The number of rotatable bonds is 4. The monoisotopic (exact) mass is 346 g/mol. The van der Waals surface area contributed by atoms with Gasteiger partial charge in [0.05, 0.1) is 12.0 Å². The number of carboxylic acids is 1. The Morgan fingerprint density at radius 3 is 2.32 bits per heavy atom. The largest absolute Gasteiger partial charge is 0.481 e. The van der Waals surface area contributed by atoms with Crippen LogP contribution in [0.4, 0.5) is 4.79 Å². The standard InChI is InChI=1S/C19H26N2O4/c22-18(23)14-6-8-15(9-7-14)20-19(24)21-16-10-11-25-17(12-16)13-4-2-1-3-5-13/h1-5,14-17H,6-12H2,(H,22,23)(H2,20,21,24). The molecule has 25 heavy (non-hydrogen) atoms. The van der Waals surface area contributed by atoms with E-state index in [0.29, 0.717) is 19.4 Å². The average Bonchev–Trinajstić information content (AvgIpc) is 2.63. The van der Waals surface area contributed by atoms with Crippen molar-refractivity contribution in [1.29, 1.82) is 0 Å². The molecule has 0 spiro atoms. The van der Waals surface area contributed by atoms with Crippen LogP contribution >= 0.6 is 0 Å². The van der Waals surface area contributed by atoms with E-state index in [1.54, 1.807) is 0 Å². The molecule has 0 radical (unpaired) electrons. The molecule has 2 atom stereocenters. The van der Waals surface area contributed by atoms with Gasteiger partial charge in [0.15, 0.2) is 0 Å². The fourth-order valence-electron chi connectivity index (χ4n) is 3.73. The first kappa shape index (κ1) is 17.7. The quantitative estimate of drug-likeness (QED) is 0.782. The second kappa shape index (κ2) is 8.34. The number of carbonyl (C=O) groups excluding carboxylic acids is 1. The third-order valence-electron chi connectivity index (χ3n) is 5.20. The first-order chi connectivity index (χ1) is 12.1. The molecular weight excluding hydrogens is 320 g/mol. The fraction of sp³-hybridized carbons (Fsp3) is 0.579. The first-order valence-corrected chi connectivity index (χ1v) is 9.08. The number of nitrogens with one attached hydrogen (secondary N) is 2. The van der Waals surface area contributed by atoms with Gasteiger partial charge in [0.25, 0.3) is 0 Å². The summed E-state index contributed by atoms with van der Waals surface area (Å²) in [5, 5.41) is 15.1. The SMILES string of the molecule is O=C(NC1CCC(C(=O)O)CC1)NC1CCOC(c2ccccc2)C1. The topological polar surface area (TPSA) is 87.7 Å². The second-order valence-corrected chi connectivity index (χ2v) is 7.00. The molecule has 1 aliphatic heterocycles. The summed E-state index contributed by atoms with van der Waals surface area (Å²) in [5.41, 5.74) is 1.14. The minimum absolute atomic E-state index is 0.0197. The van der Waals surface area contributed by atoms with Gasteiger partial charge in [0.2, 0.25) is 0 Å². The van der Waals surface area contributed by atoms with Crippen molar-refractivity contribution in [2.75, 3.05) is 6.61 Å². The fourth-order valence-corrected chi connectivity index (χ4v) is 3.73. The smallest absolute Gasteiger partial charge is 0.315 e. The Hall–Kier alpha value is -2.08. The van der Waals surface area contributed by atoms with Crippen LogP contribution in [0, 0.1) is 5.92 Å². The van der Waals surface area contributed by atoms with Gasteiger partial charge in [-0.25, -0.2) is 4.79 Å². The molecule has 1 aromatic rings. The van der Waals surface area contributed by atoms with Crippen molar-refractivity contribution in [2.24, 2.45) is 5.92 Å². The Labute approximate surface area is 147 Å². The third-order valence-corrected chi connectivity index (χ3v) is 5.20. The maximum absolute atomic E-state index is 12.3. The maximum Gasteiger partial charge on any atom is 0.315 e. The van der Waals surface area contributed by atoms with E-state index in [-0.39, 0.29) is 30.1 Å². The lowest BCUT2D eigenvalue weighted by Crippen LogP contribution is -2.49. The third kappa shape index (κ3) is 4.95. The number of amides is 2. The molecule has 3 N–H and O–H groups in total. The Morgan fingerprint density at radius 1 is 0.960 bits per heavy atom. The lowest BCUT2D eigenvalue weighted by atomic mass is 9.86. The van der Waals surface area contributed by atoms with E-state index in [2.05, 4.69) is 10.6 Å². The summed E-state index contributed by atoms with van der Waals surface area (Å²) >= 11 is 0. The van der Waals surface area contributed by atoms with Crippen molar-refractivity contribution < 1.29 is 19.4 Å². The number of benzene rings is 1. The number of ether oxygens (including phenoxy) is 1. The Bertz CT molecular complexity index is 584. The number of hydrogen-bond donors (Lipinski definition) is 3. The molecule has 0 bridgehead atoms. The van der Waals surface area contributed by atoms with Crippen molar-refractivity contribution in [2.45, 2.75) is 56.7 Å². The van der Waals surface area contributed by atoms with Gasteiger partial charge in [-0.2, -0.15) is 0 Å². The van der Waals surface area contributed by atoms with E-state index in [0.717, 1.165) is 31.2 Å². The van der Waals surface area contributed by atoms with Crippen molar-refractivity contribution in [3.63, 3.8) is 0 Å². The van der Waals surface area contributed by atoms with E-state index in [1.165, 1.54) is 0 Å². The van der Waals surface area contributed by atoms with E-state index in [4.69, 9.17) is 9.84 Å². The van der Waals surface area contributed by atoms with Crippen LogP contribution in [0.25, 0.3) is 0 Å². The summed E-state index contributed by atoms with van der Waals surface area (Å²) < 4.78 is 5.83. The molecule has 6 nitrogen and oxygen atoms in total. The van der Waals surface area contributed by atoms with Gasteiger partial charge in [-0.15, -0.1) is 0 Å². The zero-order valence-electron chi connectivity index (χ0n) is 14.3. The minimum Gasteiger partial charge on any atom is -0.481 e. The number of carbonyl (C=O) groups is 2. The molecular formula is C19H26N2O4. The number of urea groups is 1. The van der Waals surface area contributed by atoms with Crippen LogP contribution in [0.2, 0.25) is 0 Å². The normalized spacial score (nSPS) is 29.6. The maximum atomic E-state index is 12.3. The molecule has 2 amide bonds. The zero-order valence-corrected chi connectivity index (χ0v) is 14.3. The summed E-state index contributed by atoms with van der Waals surface area (Å²) in [6, 6.07) is 10.1. The summed E-state index contributed by atoms with van der Waals surface area (Å²) in [6.07, 6.45) is 4.31. The number of aliphatic carboxylic acids is 1. The van der Waals surface area contributed by atoms with E-state index < -0.39 is 5.97 Å². The van der Waals surface area contributed by atoms with Gasteiger partial charge in [0, 0.05) is 18.7 Å². The Kier molecular flexibility index (Phi) is 5.91. The highest BCUT2D eigenvalue weighted by atomic mass is 16.5. The van der Waals surface area contributed by atoms with Crippen molar-refractivity contribution >= 4 is 12.0 Å². The molecule has 1 saturated heterocycles. The molecule has 1 aliphatic carbocycles. The van der Waals surface area contributed by atoms with Gasteiger partial charge < -0.3 is 20.5 Å². The molecule has 2 unspecified atom stereocenters. The molecule has 2 aliphatic rings. The zero-order chi connectivity index (χ0) is 17.6. The molecule has 136 valence electrons. The van der Waals surface area contributed by atoms with Crippen LogP contribution in [0.3, 0.4) is 0 Å². The molecule has 0 aromatic heterocycles. The lowest BCUT2D eigenvalue weighted by molar-refractivity contribution is -0.142. The van der Waals surface area contributed by atoms with Crippen molar-refractivity contribution in [3.8, 4) is 0 Å². The minimum atomic E-state index is -0.725. The van der Waals surface area contributed by atoms with Gasteiger partial charge in [-0.1, -0.05) is 30.3 Å². The van der Waals surface area contributed by atoms with Gasteiger partial charge in [0.1, 0.15) is 0 Å². The second-order valence-electron chi connectivity index (χ2n) is 7.00. The van der Waals surface area contributed by atoms with Crippen LogP contribution in [0.1, 0.15) is 50.2 Å². The summed E-state index contributed by atoms with van der Waals surface area (Å²) in [4.78, 5) is 23.2. The summed E-state index contributed by atoms with van der Waals surface area (Å²) in [5.74, 6) is -0.986. The van der Waals surface area contributed by atoms with Crippen molar-refractivity contribution in [1.82, 2.24) is 10.6 Å². The molecule has 1 saturated carbocycles. The summed E-state index contributed by atoms with van der Waals surface area (Å²) in [6.45, 7) is 0.633. The van der Waals surface area contributed by atoms with Crippen LogP contribution in [0.5, 0.6) is 0 Å². The van der Waals surface area contributed by atoms with E-state index in [9.17, 15) is 9.59 Å². The predicted octanol–water partition coefficient (Wildman–Crippen LogP) is 2.85. The molecule has 2 fully saturated rings. The molecule has 3 rings (SSSR count).